The van der Waals surface area contributed by atoms with E-state index in [0.29, 0.717) is 10.0 Å². The number of hydrogen-bond acceptors (Lipinski definition) is 2. The molecule has 21 heavy (non-hydrogen) atoms. The lowest BCUT2D eigenvalue weighted by molar-refractivity contribution is 0.225. The van der Waals surface area contributed by atoms with Crippen LogP contribution < -0.4 is 4.74 Å². The standard InChI is InChI=1S/C17H18Cl2O2/c1-21-15-5-2-12(3-6-15)8-14(11-20)9-13-4-7-16(18)17(19)10-13/h2-7,10,14,20H,8-9,11H2,1H3. The van der Waals surface area contributed by atoms with E-state index >= 15 is 0 Å². The Labute approximate surface area is 135 Å². The third kappa shape index (κ3) is 4.63. The maximum absolute atomic E-state index is 9.59. The van der Waals surface area contributed by atoms with Gasteiger partial charge in [-0.05, 0) is 54.2 Å². The zero-order chi connectivity index (χ0) is 15.2. The zero-order valence-electron chi connectivity index (χ0n) is 11.9. The Morgan fingerprint density at radius 3 is 2.14 bits per heavy atom. The summed E-state index contributed by atoms with van der Waals surface area (Å²) in [5.41, 5.74) is 2.26. The SMILES string of the molecule is COc1ccc(CC(CO)Cc2ccc(Cl)c(Cl)c2)cc1. The molecule has 0 saturated carbocycles. The second kappa shape index (κ2) is 7.69. The summed E-state index contributed by atoms with van der Waals surface area (Å²) in [6.07, 6.45) is 1.57. The molecule has 0 spiro atoms. The van der Waals surface area contributed by atoms with Crippen LogP contribution >= 0.6 is 23.2 Å². The van der Waals surface area contributed by atoms with Crippen LogP contribution in [0.3, 0.4) is 0 Å². The van der Waals surface area contributed by atoms with Gasteiger partial charge in [0, 0.05) is 6.61 Å². The Balaban J connectivity index is 2.03. The lowest BCUT2D eigenvalue weighted by atomic mass is 9.93. The fraction of sp³-hybridized carbons (Fsp3) is 0.294. The van der Waals surface area contributed by atoms with Crippen molar-refractivity contribution in [1.29, 1.82) is 0 Å². The van der Waals surface area contributed by atoms with Crippen molar-refractivity contribution in [3.05, 3.63) is 63.6 Å². The molecule has 0 heterocycles. The highest BCUT2D eigenvalue weighted by Crippen LogP contribution is 2.25. The third-order valence-corrected chi connectivity index (χ3v) is 4.19. The van der Waals surface area contributed by atoms with Crippen LogP contribution in [0.5, 0.6) is 5.75 Å². The summed E-state index contributed by atoms with van der Waals surface area (Å²) in [4.78, 5) is 0. The monoisotopic (exact) mass is 324 g/mol. The van der Waals surface area contributed by atoms with Crippen LogP contribution in [-0.2, 0) is 12.8 Å². The molecule has 1 unspecified atom stereocenters. The van der Waals surface area contributed by atoms with Crippen molar-refractivity contribution >= 4 is 23.2 Å². The van der Waals surface area contributed by atoms with E-state index in [9.17, 15) is 5.11 Å². The van der Waals surface area contributed by atoms with E-state index in [1.165, 1.54) is 5.56 Å². The predicted molar refractivity (Wildman–Crippen MR) is 87.4 cm³/mol. The first kappa shape index (κ1) is 16.2. The van der Waals surface area contributed by atoms with Crippen LogP contribution in [0, 0.1) is 5.92 Å². The molecule has 2 aromatic carbocycles. The molecule has 2 aromatic rings. The smallest absolute Gasteiger partial charge is 0.118 e. The van der Waals surface area contributed by atoms with Crippen LogP contribution in [0.1, 0.15) is 11.1 Å². The van der Waals surface area contributed by atoms with Crippen LogP contribution in [0.2, 0.25) is 10.0 Å². The number of aliphatic hydroxyl groups is 1. The van der Waals surface area contributed by atoms with E-state index in [1.807, 2.05) is 36.4 Å². The normalized spacial score (nSPS) is 12.2. The average molecular weight is 325 g/mol. The molecule has 0 aliphatic carbocycles. The van der Waals surface area contributed by atoms with E-state index in [0.717, 1.165) is 24.2 Å². The molecule has 0 bridgehead atoms. The molecular weight excluding hydrogens is 307 g/mol. The lowest BCUT2D eigenvalue weighted by Gasteiger charge is -2.15. The Bertz CT molecular complexity index is 582. The lowest BCUT2D eigenvalue weighted by Crippen LogP contribution is -2.13. The number of rotatable bonds is 6. The molecule has 0 aromatic heterocycles. The first-order valence-electron chi connectivity index (χ1n) is 6.80. The minimum atomic E-state index is 0.131. The Hall–Kier alpha value is -1.22. The van der Waals surface area contributed by atoms with Gasteiger partial charge in [0.25, 0.3) is 0 Å². The van der Waals surface area contributed by atoms with Gasteiger partial charge in [-0.15, -0.1) is 0 Å². The number of ether oxygens (including phenoxy) is 1. The van der Waals surface area contributed by atoms with Gasteiger partial charge in [0.1, 0.15) is 5.75 Å². The van der Waals surface area contributed by atoms with Crippen molar-refractivity contribution in [3.8, 4) is 5.75 Å². The minimum Gasteiger partial charge on any atom is -0.497 e. The fourth-order valence-corrected chi connectivity index (χ4v) is 2.62. The number of hydrogen-bond donors (Lipinski definition) is 1. The van der Waals surface area contributed by atoms with Gasteiger partial charge in [-0.25, -0.2) is 0 Å². The molecule has 0 amide bonds. The second-order valence-corrected chi connectivity index (χ2v) is 5.87. The van der Waals surface area contributed by atoms with Crippen LogP contribution in [0.4, 0.5) is 0 Å². The maximum atomic E-state index is 9.59. The van der Waals surface area contributed by atoms with Gasteiger partial charge in [-0.2, -0.15) is 0 Å². The largest absolute Gasteiger partial charge is 0.497 e. The van der Waals surface area contributed by atoms with Gasteiger partial charge in [-0.3, -0.25) is 0 Å². The summed E-state index contributed by atoms with van der Waals surface area (Å²) in [5.74, 6) is 0.986. The topological polar surface area (TPSA) is 29.5 Å². The summed E-state index contributed by atoms with van der Waals surface area (Å²) >= 11 is 11.9. The van der Waals surface area contributed by atoms with E-state index in [-0.39, 0.29) is 12.5 Å². The van der Waals surface area contributed by atoms with Crippen molar-refractivity contribution in [3.63, 3.8) is 0 Å². The first-order valence-corrected chi connectivity index (χ1v) is 7.55. The van der Waals surface area contributed by atoms with E-state index in [1.54, 1.807) is 13.2 Å². The van der Waals surface area contributed by atoms with Crippen molar-refractivity contribution in [1.82, 2.24) is 0 Å². The van der Waals surface area contributed by atoms with Crippen molar-refractivity contribution in [2.75, 3.05) is 13.7 Å². The highest BCUT2D eigenvalue weighted by molar-refractivity contribution is 6.42. The molecule has 0 aliphatic rings. The molecule has 112 valence electrons. The third-order valence-electron chi connectivity index (χ3n) is 3.45. The summed E-state index contributed by atoms with van der Waals surface area (Å²) in [5, 5.41) is 10.7. The highest BCUT2D eigenvalue weighted by Gasteiger charge is 2.11. The zero-order valence-corrected chi connectivity index (χ0v) is 13.4. The van der Waals surface area contributed by atoms with Gasteiger partial charge in [0.05, 0.1) is 17.2 Å². The van der Waals surface area contributed by atoms with Gasteiger partial charge in [0.15, 0.2) is 0 Å². The van der Waals surface area contributed by atoms with E-state index in [4.69, 9.17) is 27.9 Å². The van der Waals surface area contributed by atoms with Crippen LogP contribution in [0.15, 0.2) is 42.5 Å². The van der Waals surface area contributed by atoms with Crippen molar-refractivity contribution in [2.45, 2.75) is 12.8 Å². The number of aliphatic hydroxyl groups excluding tert-OH is 1. The molecule has 0 radical (unpaired) electrons. The Kier molecular flexibility index (Phi) is 5.92. The predicted octanol–water partition coefficient (Wildman–Crippen LogP) is 4.40. The summed E-state index contributed by atoms with van der Waals surface area (Å²) in [6.45, 7) is 0.131. The summed E-state index contributed by atoms with van der Waals surface area (Å²) in [6, 6.07) is 13.5. The summed E-state index contributed by atoms with van der Waals surface area (Å²) in [7, 11) is 1.65. The Morgan fingerprint density at radius 2 is 1.57 bits per heavy atom. The molecule has 2 rings (SSSR count). The van der Waals surface area contributed by atoms with Gasteiger partial charge < -0.3 is 9.84 Å². The average Bonchev–Trinajstić information content (AvgIpc) is 2.51. The molecule has 4 heteroatoms. The number of halogens is 2. The Morgan fingerprint density at radius 1 is 0.952 bits per heavy atom. The highest BCUT2D eigenvalue weighted by atomic mass is 35.5. The maximum Gasteiger partial charge on any atom is 0.118 e. The molecule has 0 saturated heterocycles. The molecular formula is C17H18Cl2O2. The van der Waals surface area contributed by atoms with Gasteiger partial charge >= 0.3 is 0 Å². The quantitative estimate of drug-likeness (QED) is 0.853. The molecule has 2 nitrogen and oxygen atoms in total. The molecule has 1 N–H and O–H groups in total. The second-order valence-electron chi connectivity index (χ2n) is 5.05. The first-order chi connectivity index (χ1) is 10.1. The van der Waals surface area contributed by atoms with Crippen molar-refractivity contribution in [2.24, 2.45) is 5.92 Å². The molecule has 0 fully saturated rings. The number of methoxy groups -OCH3 is 1. The van der Waals surface area contributed by atoms with E-state index in [2.05, 4.69) is 0 Å². The fourth-order valence-electron chi connectivity index (χ4n) is 2.30. The van der Waals surface area contributed by atoms with Crippen LogP contribution in [-0.4, -0.2) is 18.8 Å². The number of benzene rings is 2. The van der Waals surface area contributed by atoms with Crippen molar-refractivity contribution < 1.29 is 9.84 Å². The van der Waals surface area contributed by atoms with Gasteiger partial charge in [0.2, 0.25) is 0 Å². The van der Waals surface area contributed by atoms with E-state index < -0.39 is 0 Å². The molecule has 1 atom stereocenters. The molecule has 0 aliphatic heterocycles. The van der Waals surface area contributed by atoms with Crippen LogP contribution in [0.25, 0.3) is 0 Å². The summed E-state index contributed by atoms with van der Waals surface area (Å²) < 4.78 is 5.14. The minimum absolute atomic E-state index is 0.131. The van der Waals surface area contributed by atoms with Gasteiger partial charge in [-0.1, -0.05) is 41.4 Å².